The number of carbonyl (C=O) groups excluding carboxylic acids is 2. The van der Waals surface area contributed by atoms with E-state index in [-0.39, 0.29) is 17.7 Å². The van der Waals surface area contributed by atoms with E-state index in [9.17, 15) is 9.59 Å². The number of primary amides is 1. The van der Waals surface area contributed by atoms with Crippen LogP contribution in [0.15, 0.2) is 0 Å². The Kier molecular flexibility index (Phi) is 3.61. The minimum Gasteiger partial charge on any atom is -0.369 e. The van der Waals surface area contributed by atoms with E-state index in [0.29, 0.717) is 13.1 Å². The average Bonchev–Trinajstić information content (AvgIpc) is 3.14. The summed E-state index contributed by atoms with van der Waals surface area (Å²) in [6.07, 6.45) is 1.89. The first kappa shape index (κ1) is 13.3. The van der Waals surface area contributed by atoms with Crippen molar-refractivity contribution in [2.24, 2.45) is 23.0 Å². The fourth-order valence-electron chi connectivity index (χ4n) is 3.15. The largest absolute Gasteiger partial charge is 0.369 e. The molecule has 0 bridgehead atoms. The van der Waals surface area contributed by atoms with Crippen LogP contribution < -0.4 is 11.1 Å². The van der Waals surface area contributed by atoms with E-state index in [2.05, 4.69) is 5.32 Å². The van der Waals surface area contributed by atoms with Gasteiger partial charge in [0, 0.05) is 26.2 Å². The van der Waals surface area contributed by atoms with Gasteiger partial charge in [-0.15, -0.1) is 0 Å². The third kappa shape index (κ3) is 2.00. The molecule has 3 N–H and O–H groups in total. The molecule has 1 aliphatic carbocycles. The van der Waals surface area contributed by atoms with E-state index >= 15 is 0 Å². The fraction of sp³-hybridized carbons (Fsp3) is 0.846. The number of carbonyl (C=O) groups is 2. The number of hydrogen-bond donors (Lipinski definition) is 2. The molecule has 102 valence electrons. The first-order chi connectivity index (χ1) is 8.51. The lowest BCUT2D eigenvalue weighted by molar-refractivity contribution is -0.155. The summed E-state index contributed by atoms with van der Waals surface area (Å²) < 4.78 is 0. The molecule has 1 aliphatic heterocycles. The van der Waals surface area contributed by atoms with Crippen LogP contribution in [-0.2, 0) is 9.59 Å². The maximum Gasteiger partial charge on any atom is 0.238 e. The summed E-state index contributed by atoms with van der Waals surface area (Å²) >= 11 is 0. The molecule has 1 saturated carbocycles. The van der Waals surface area contributed by atoms with Crippen molar-refractivity contribution in [3.05, 3.63) is 0 Å². The van der Waals surface area contributed by atoms with E-state index in [1.54, 1.807) is 4.90 Å². The van der Waals surface area contributed by atoms with Gasteiger partial charge < -0.3 is 16.0 Å². The van der Waals surface area contributed by atoms with Gasteiger partial charge in [-0.25, -0.2) is 0 Å². The first-order valence-corrected chi connectivity index (χ1v) is 6.81. The van der Waals surface area contributed by atoms with Gasteiger partial charge in [0.05, 0.1) is 0 Å². The van der Waals surface area contributed by atoms with Crippen molar-refractivity contribution < 1.29 is 9.59 Å². The lowest BCUT2D eigenvalue weighted by atomic mass is 9.71. The van der Waals surface area contributed by atoms with E-state index in [1.807, 2.05) is 13.8 Å². The molecule has 5 nitrogen and oxygen atoms in total. The lowest BCUT2D eigenvalue weighted by Gasteiger charge is -2.39. The van der Waals surface area contributed by atoms with Crippen molar-refractivity contribution in [1.29, 1.82) is 0 Å². The predicted molar refractivity (Wildman–Crippen MR) is 68.6 cm³/mol. The van der Waals surface area contributed by atoms with Crippen LogP contribution in [0.5, 0.6) is 0 Å². The molecule has 1 heterocycles. The Morgan fingerprint density at radius 2 is 1.83 bits per heavy atom. The zero-order valence-corrected chi connectivity index (χ0v) is 11.2. The molecule has 2 fully saturated rings. The molecule has 2 amide bonds. The monoisotopic (exact) mass is 253 g/mol. The van der Waals surface area contributed by atoms with Crippen molar-refractivity contribution >= 4 is 11.8 Å². The van der Waals surface area contributed by atoms with Gasteiger partial charge in [-0.05, 0) is 24.7 Å². The summed E-state index contributed by atoms with van der Waals surface area (Å²) in [6.45, 7) is 6.81. The molecular weight excluding hydrogens is 230 g/mol. The van der Waals surface area contributed by atoms with Crippen LogP contribution in [0.4, 0.5) is 0 Å². The smallest absolute Gasteiger partial charge is 0.238 e. The zero-order valence-electron chi connectivity index (χ0n) is 11.2. The van der Waals surface area contributed by atoms with Gasteiger partial charge in [0.1, 0.15) is 5.41 Å². The van der Waals surface area contributed by atoms with E-state index in [4.69, 9.17) is 5.73 Å². The lowest BCUT2D eigenvalue weighted by Crippen LogP contribution is -2.59. The maximum atomic E-state index is 12.8. The Balaban J connectivity index is 2.27. The molecule has 18 heavy (non-hydrogen) atoms. The Hall–Kier alpha value is -1.10. The summed E-state index contributed by atoms with van der Waals surface area (Å²) in [7, 11) is 0. The Labute approximate surface area is 108 Å². The van der Waals surface area contributed by atoms with Crippen molar-refractivity contribution in [2.75, 3.05) is 26.2 Å². The highest BCUT2D eigenvalue weighted by Crippen LogP contribution is 2.51. The van der Waals surface area contributed by atoms with Crippen molar-refractivity contribution in [2.45, 2.75) is 26.7 Å². The Morgan fingerprint density at radius 3 is 2.22 bits per heavy atom. The summed E-state index contributed by atoms with van der Waals surface area (Å²) in [6, 6.07) is 0. The third-order valence-electron chi connectivity index (χ3n) is 4.30. The fourth-order valence-corrected chi connectivity index (χ4v) is 3.15. The van der Waals surface area contributed by atoms with Crippen LogP contribution >= 0.6 is 0 Å². The van der Waals surface area contributed by atoms with E-state index in [0.717, 1.165) is 25.9 Å². The van der Waals surface area contributed by atoms with Gasteiger partial charge in [0.2, 0.25) is 11.8 Å². The quantitative estimate of drug-likeness (QED) is 0.690. The standard InChI is InChI=1S/C13H23N3O2/c1-9(2)13(11(14)17,10-3-4-10)12(18)16-7-5-15-6-8-16/h9-10,15H,3-8H2,1-2H3,(H2,14,17). The maximum absolute atomic E-state index is 12.8. The number of piperazine rings is 1. The van der Waals surface area contributed by atoms with Gasteiger partial charge >= 0.3 is 0 Å². The topological polar surface area (TPSA) is 75.4 Å². The summed E-state index contributed by atoms with van der Waals surface area (Å²) in [5.41, 5.74) is 4.64. The average molecular weight is 253 g/mol. The first-order valence-electron chi connectivity index (χ1n) is 6.81. The number of nitrogens with zero attached hydrogens (tertiary/aromatic N) is 1. The van der Waals surface area contributed by atoms with Gasteiger partial charge in [0.15, 0.2) is 0 Å². The second-order valence-corrected chi connectivity index (χ2v) is 5.70. The van der Waals surface area contributed by atoms with Gasteiger partial charge in [-0.2, -0.15) is 0 Å². The number of amides is 2. The molecule has 0 aromatic carbocycles. The van der Waals surface area contributed by atoms with Crippen molar-refractivity contribution in [3.8, 4) is 0 Å². The molecular formula is C13H23N3O2. The van der Waals surface area contributed by atoms with Crippen LogP contribution in [-0.4, -0.2) is 42.9 Å². The van der Waals surface area contributed by atoms with Crippen LogP contribution in [0.2, 0.25) is 0 Å². The molecule has 2 rings (SSSR count). The van der Waals surface area contributed by atoms with Crippen LogP contribution in [0.1, 0.15) is 26.7 Å². The zero-order chi connectivity index (χ0) is 13.3. The number of hydrogen-bond acceptors (Lipinski definition) is 3. The van der Waals surface area contributed by atoms with Gasteiger partial charge in [0.25, 0.3) is 0 Å². The van der Waals surface area contributed by atoms with Crippen molar-refractivity contribution in [1.82, 2.24) is 10.2 Å². The summed E-state index contributed by atoms with van der Waals surface area (Å²) in [4.78, 5) is 26.6. The molecule has 0 aromatic rings. The molecule has 1 atom stereocenters. The second kappa shape index (κ2) is 4.88. The molecule has 0 radical (unpaired) electrons. The third-order valence-corrected chi connectivity index (χ3v) is 4.30. The molecule has 5 heteroatoms. The van der Waals surface area contributed by atoms with Gasteiger partial charge in [-0.1, -0.05) is 13.8 Å². The normalized spacial score (nSPS) is 23.8. The Morgan fingerprint density at radius 1 is 1.28 bits per heavy atom. The van der Waals surface area contributed by atoms with Crippen molar-refractivity contribution in [3.63, 3.8) is 0 Å². The highest BCUT2D eigenvalue weighted by molar-refractivity contribution is 6.05. The van der Waals surface area contributed by atoms with Crippen LogP contribution in [0, 0.1) is 17.3 Å². The number of nitrogens with one attached hydrogen (secondary N) is 1. The number of rotatable bonds is 4. The summed E-state index contributed by atoms with van der Waals surface area (Å²) in [5.74, 6) is -0.375. The van der Waals surface area contributed by atoms with Crippen LogP contribution in [0.25, 0.3) is 0 Å². The van der Waals surface area contributed by atoms with Crippen LogP contribution in [0.3, 0.4) is 0 Å². The van der Waals surface area contributed by atoms with E-state index in [1.165, 1.54) is 0 Å². The van der Waals surface area contributed by atoms with E-state index < -0.39 is 11.3 Å². The highest BCUT2D eigenvalue weighted by atomic mass is 16.2. The molecule has 1 unspecified atom stereocenters. The molecule has 1 saturated heterocycles. The predicted octanol–water partition coefficient (Wildman–Crippen LogP) is -0.0441. The minimum absolute atomic E-state index is 0.0371. The number of nitrogens with two attached hydrogens (primary N) is 1. The second-order valence-electron chi connectivity index (χ2n) is 5.70. The molecule has 2 aliphatic rings. The summed E-state index contributed by atoms with van der Waals surface area (Å²) in [5, 5.41) is 3.21. The molecule has 0 spiro atoms. The molecule has 0 aromatic heterocycles. The van der Waals surface area contributed by atoms with Gasteiger partial charge in [-0.3, -0.25) is 9.59 Å². The Bertz CT molecular complexity index is 342. The highest BCUT2D eigenvalue weighted by Gasteiger charge is 2.58. The minimum atomic E-state index is -0.975. The SMILES string of the molecule is CC(C)C(C(N)=O)(C(=O)N1CCNCC1)C1CC1.